The summed E-state index contributed by atoms with van der Waals surface area (Å²) in [7, 11) is 0. The van der Waals surface area contributed by atoms with Crippen LogP contribution >= 0.6 is 23.2 Å². The number of phenols is 1. The summed E-state index contributed by atoms with van der Waals surface area (Å²) in [5.41, 5.74) is 2.97. The molecular formula is C24H20Cl2O4. The second-order valence-electron chi connectivity index (χ2n) is 8.06. The first-order valence-corrected chi connectivity index (χ1v) is 10.2. The Balaban J connectivity index is 2.09. The highest BCUT2D eigenvalue weighted by Gasteiger charge is 2.24. The first-order chi connectivity index (χ1) is 14.2. The number of hydrogen-bond acceptors (Lipinski definition) is 4. The van der Waals surface area contributed by atoms with E-state index in [0.29, 0.717) is 17.6 Å². The molecule has 1 N–H and O–H groups in total. The van der Waals surface area contributed by atoms with Gasteiger partial charge in [0.2, 0.25) is 5.43 Å². The number of halogens is 2. The lowest BCUT2D eigenvalue weighted by molar-refractivity contribution is -0.0147. The molecule has 1 aliphatic carbocycles. The minimum atomic E-state index is -0.348. The number of aromatic hydroxyl groups is 1. The third-order valence-electron chi connectivity index (χ3n) is 4.83. The molecule has 0 spiro atoms. The van der Waals surface area contributed by atoms with E-state index in [1.165, 1.54) is 12.1 Å². The molecule has 6 heteroatoms. The van der Waals surface area contributed by atoms with Crippen molar-refractivity contribution < 1.29 is 14.3 Å². The lowest BCUT2D eigenvalue weighted by Crippen LogP contribution is -2.19. The zero-order valence-corrected chi connectivity index (χ0v) is 18.3. The number of benzene rings is 3. The Bertz CT molecular complexity index is 1290. The molecule has 0 unspecified atom stereocenters. The van der Waals surface area contributed by atoms with E-state index in [9.17, 15) is 9.90 Å². The molecule has 0 saturated carbocycles. The highest BCUT2D eigenvalue weighted by Crippen LogP contribution is 2.46. The molecule has 2 aliphatic rings. The van der Waals surface area contributed by atoms with Crippen molar-refractivity contribution in [1.82, 2.24) is 0 Å². The molecule has 4 nitrogen and oxygen atoms in total. The van der Waals surface area contributed by atoms with Gasteiger partial charge in [-0.2, -0.15) is 0 Å². The van der Waals surface area contributed by atoms with Crippen LogP contribution in [-0.4, -0.2) is 10.7 Å². The van der Waals surface area contributed by atoms with Crippen LogP contribution in [0.2, 0.25) is 10.0 Å². The van der Waals surface area contributed by atoms with Crippen LogP contribution in [0.25, 0.3) is 33.4 Å². The summed E-state index contributed by atoms with van der Waals surface area (Å²) in [6.07, 6.45) is 0. The molecule has 154 valence electrons. The monoisotopic (exact) mass is 442 g/mol. The molecule has 2 aromatic carbocycles. The van der Waals surface area contributed by atoms with E-state index in [1.54, 1.807) is 12.1 Å². The minimum Gasteiger partial charge on any atom is -0.506 e. The highest BCUT2D eigenvalue weighted by atomic mass is 35.5. The predicted molar refractivity (Wildman–Crippen MR) is 121 cm³/mol. The fourth-order valence-electron chi connectivity index (χ4n) is 3.40. The molecule has 2 aromatic rings. The van der Waals surface area contributed by atoms with Gasteiger partial charge in [-0.05, 0) is 56.2 Å². The van der Waals surface area contributed by atoms with Gasteiger partial charge in [-0.15, -0.1) is 0 Å². The molecule has 1 heterocycles. The van der Waals surface area contributed by atoms with Crippen LogP contribution in [0.4, 0.5) is 0 Å². The molecule has 1 aliphatic heterocycles. The normalized spacial score (nSPS) is 12.0. The van der Waals surface area contributed by atoms with Crippen molar-refractivity contribution >= 4 is 34.2 Å². The summed E-state index contributed by atoms with van der Waals surface area (Å²) >= 11 is 12.7. The third kappa shape index (κ3) is 3.67. The number of hydrogen-bond donors (Lipinski definition) is 1. The Kier molecular flexibility index (Phi) is 5.27. The van der Waals surface area contributed by atoms with Crippen molar-refractivity contribution in [2.24, 2.45) is 0 Å². The van der Waals surface area contributed by atoms with Gasteiger partial charge in [0.1, 0.15) is 15.8 Å². The van der Waals surface area contributed by atoms with Gasteiger partial charge < -0.3 is 14.3 Å². The van der Waals surface area contributed by atoms with Gasteiger partial charge in [0, 0.05) is 16.5 Å². The maximum atomic E-state index is 12.2. The summed E-state index contributed by atoms with van der Waals surface area (Å²) in [5.74, 6) is 0.114. The van der Waals surface area contributed by atoms with Crippen molar-refractivity contribution in [2.45, 2.75) is 33.0 Å². The smallest absolute Gasteiger partial charge is 0.201 e. The molecule has 4 rings (SSSR count). The van der Waals surface area contributed by atoms with E-state index >= 15 is 0 Å². The molecule has 0 fully saturated rings. The number of rotatable bonds is 3. The molecule has 0 radical (unpaired) electrons. The largest absolute Gasteiger partial charge is 0.506 e. The van der Waals surface area contributed by atoms with Crippen molar-refractivity contribution in [2.75, 3.05) is 0 Å². The van der Waals surface area contributed by atoms with Crippen LogP contribution in [0.15, 0.2) is 57.7 Å². The van der Waals surface area contributed by atoms with Crippen LogP contribution in [0.5, 0.6) is 5.75 Å². The van der Waals surface area contributed by atoms with Gasteiger partial charge in [0.25, 0.3) is 0 Å². The average Bonchev–Trinajstić information content (AvgIpc) is 2.71. The van der Waals surface area contributed by atoms with Crippen LogP contribution < -0.4 is 5.43 Å². The lowest BCUT2D eigenvalue weighted by Gasteiger charge is -2.22. The van der Waals surface area contributed by atoms with E-state index < -0.39 is 0 Å². The van der Waals surface area contributed by atoms with E-state index in [0.717, 1.165) is 16.7 Å². The third-order valence-corrected chi connectivity index (χ3v) is 5.55. The van der Waals surface area contributed by atoms with E-state index in [4.69, 9.17) is 32.4 Å². The molecule has 30 heavy (non-hydrogen) atoms. The van der Waals surface area contributed by atoms with Crippen LogP contribution in [-0.2, 0) is 11.3 Å². The molecule has 0 saturated heterocycles. The van der Waals surface area contributed by atoms with Crippen molar-refractivity contribution in [1.29, 1.82) is 0 Å². The Morgan fingerprint density at radius 1 is 0.967 bits per heavy atom. The minimum absolute atomic E-state index is 0.0292. The van der Waals surface area contributed by atoms with Crippen LogP contribution in [0.3, 0.4) is 0 Å². The van der Waals surface area contributed by atoms with Gasteiger partial charge >= 0.3 is 0 Å². The number of phenolic OH excluding ortho intramolecular Hbond substituents is 1. The average molecular weight is 443 g/mol. The van der Waals surface area contributed by atoms with Gasteiger partial charge in [-0.3, -0.25) is 4.79 Å². The molecule has 0 aromatic heterocycles. The zero-order valence-electron chi connectivity index (χ0n) is 16.8. The summed E-state index contributed by atoms with van der Waals surface area (Å²) < 4.78 is 12.0. The van der Waals surface area contributed by atoms with Crippen LogP contribution in [0.1, 0.15) is 26.3 Å². The maximum absolute atomic E-state index is 12.2. The SMILES string of the molecule is CC(C)(C)OCc1ccccc1-c1c2ccc(=O)c(Cl)c-2oc2c(Cl)c(O)ccc12. The fourth-order valence-corrected chi connectivity index (χ4v) is 3.81. The summed E-state index contributed by atoms with van der Waals surface area (Å²) in [6, 6.07) is 14.2. The Labute approximate surface area is 184 Å². The molecule has 0 amide bonds. The van der Waals surface area contributed by atoms with Gasteiger partial charge in [-0.1, -0.05) is 47.5 Å². The van der Waals surface area contributed by atoms with Crippen LogP contribution in [0, 0.1) is 0 Å². The zero-order chi connectivity index (χ0) is 21.6. The van der Waals surface area contributed by atoms with Crippen molar-refractivity contribution in [3.05, 3.63) is 74.4 Å². The van der Waals surface area contributed by atoms with Gasteiger partial charge in [-0.25, -0.2) is 0 Å². The Hall–Kier alpha value is -2.53. The first-order valence-electron chi connectivity index (χ1n) is 9.46. The maximum Gasteiger partial charge on any atom is 0.201 e. The Morgan fingerprint density at radius 2 is 1.70 bits per heavy atom. The van der Waals surface area contributed by atoms with Crippen molar-refractivity contribution in [3.63, 3.8) is 0 Å². The van der Waals surface area contributed by atoms with E-state index in [-0.39, 0.29) is 38.2 Å². The summed E-state index contributed by atoms with van der Waals surface area (Å²) in [5, 5.41) is 10.8. The molecule has 0 bridgehead atoms. The second-order valence-corrected chi connectivity index (χ2v) is 8.82. The first kappa shape index (κ1) is 20.7. The summed E-state index contributed by atoms with van der Waals surface area (Å²) in [6.45, 7) is 6.40. The highest BCUT2D eigenvalue weighted by molar-refractivity contribution is 6.37. The fraction of sp³-hybridized carbons (Fsp3) is 0.208. The van der Waals surface area contributed by atoms with E-state index in [2.05, 4.69) is 0 Å². The second kappa shape index (κ2) is 7.62. The van der Waals surface area contributed by atoms with Gasteiger partial charge in [0.15, 0.2) is 11.3 Å². The molecule has 0 atom stereocenters. The van der Waals surface area contributed by atoms with Gasteiger partial charge in [0.05, 0.1) is 12.2 Å². The summed E-state index contributed by atoms with van der Waals surface area (Å²) in [4.78, 5) is 12.2. The quantitative estimate of drug-likeness (QED) is 0.350. The standard InChI is InChI=1S/C24H20Cl2O4/c1-24(2,3)29-12-13-6-4-5-7-14(13)19-15-8-10-17(27)20(25)22(15)30-23-16(19)9-11-18(28)21(23)26/h4-11,27H,12H2,1-3H3. The topological polar surface area (TPSA) is 59.7 Å². The number of ether oxygens (including phenoxy) is 1. The van der Waals surface area contributed by atoms with E-state index in [1.807, 2.05) is 45.0 Å². The lowest BCUT2D eigenvalue weighted by atomic mass is 9.91. The molecular weight excluding hydrogens is 423 g/mol. The van der Waals surface area contributed by atoms with Crippen molar-refractivity contribution in [3.8, 4) is 28.2 Å². The predicted octanol–water partition coefficient (Wildman–Crippen LogP) is 6.89. The number of fused-ring (bicyclic) bond motifs is 2. The Morgan fingerprint density at radius 3 is 2.43 bits per heavy atom.